The number of aromatic amines is 1. The summed E-state index contributed by atoms with van der Waals surface area (Å²) in [6, 6.07) is 5.35. The van der Waals surface area contributed by atoms with Gasteiger partial charge in [0.25, 0.3) is 0 Å². The summed E-state index contributed by atoms with van der Waals surface area (Å²) in [5.41, 5.74) is 0.464. The quantitative estimate of drug-likeness (QED) is 0.646. The average Bonchev–Trinajstić information content (AvgIpc) is 2.75. The van der Waals surface area contributed by atoms with Crippen LogP contribution in [0.4, 0.5) is 10.2 Å². The number of H-pyrrole nitrogens is 1. The predicted molar refractivity (Wildman–Crippen MR) is 61.3 cm³/mol. The molecule has 0 fully saturated rings. The molecule has 2 rings (SSSR count). The topological polar surface area (TPSA) is 92.1 Å². The summed E-state index contributed by atoms with van der Waals surface area (Å²) in [4.78, 5) is 16.6. The summed E-state index contributed by atoms with van der Waals surface area (Å²) in [5.74, 6) is -0.544. The predicted octanol–water partition coefficient (Wildman–Crippen LogP) is 2.18. The number of nitrogens with one attached hydrogen (secondary N) is 1. The number of benzene rings is 1. The van der Waals surface area contributed by atoms with Gasteiger partial charge in [0.15, 0.2) is 5.69 Å². The minimum absolute atomic E-state index is 0.0423. The zero-order chi connectivity index (χ0) is 13.3. The number of hydrogen-bond donors (Lipinski definition) is 2. The van der Waals surface area contributed by atoms with E-state index in [0.717, 1.165) is 0 Å². The lowest BCUT2D eigenvalue weighted by Crippen LogP contribution is -1.97. The standard InChI is InChI=1S/C11H10FN3O3/c1-6(16)9-11(15(17)18)14-10(13-9)7-2-4-8(12)5-3-7/h2-6,16H,1H3,(H,13,14). The summed E-state index contributed by atoms with van der Waals surface area (Å²) < 4.78 is 12.8. The van der Waals surface area contributed by atoms with Gasteiger partial charge < -0.3 is 15.2 Å². The number of nitrogens with zero attached hydrogens (tertiary/aromatic N) is 2. The van der Waals surface area contributed by atoms with Gasteiger partial charge in [0.05, 0.1) is 0 Å². The first-order valence-electron chi connectivity index (χ1n) is 5.17. The molecule has 7 heteroatoms. The molecule has 0 bridgehead atoms. The van der Waals surface area contributed by atoms with E-state index >= 15 is 0 Å². The Morgan fingerprint density at radius 3 is 2.50 bits per heavy atom. The van der Waals surface area contributed by atoms with E-state index in [4.69, 9.17) is 0 Å². The fraction of sp³-hybridized carbons (Fsp3) is 0.182. The molecule has 0 radical (unpaired) electrons. The zero-order valence-corrected chi connectivity index (χ0v) is 9.42. The van der Waals surface area contributed by atoms with Gasteiger partial charge in [-0.25, -0.2) is 14.4 Å². The average molecular weight is 251 g/mol. The summed E-state index contributed by atoms with van der Waals surface area (Å²) in [6.07, 6.45) is -1.06. The van der Waals surface area contributed by atoms with Crippen LogP contribution >= 0.6 is 0 Å². The van der Waals surface area contributed by atoms with E-state index in [1.54, 1.807) is 0 Å². The van der Waals surface area contributed by atoms with Crippen molar-refractivity contribution in [3.05, 3.63) is 45.9 Å². The molecular weight excluding hydrogens is 241 g/mol. The van der Waals surface area contributed by atoms with Crippen LogP contribution in [0.1, 0.15) is 18.7 Å². The summed E-state index contributed by atoms with van der Waals surface area (Å²) in [5, 5.41) is 20.2. The van der Waals surface area contributed by atoms with E-state index in [2.05, 4.69) is 9.97 Å². The molecule has 1 aromatic heterocycles. The Balaban J connectivity index is 2.49. The number of aliphatic hydroxyl groups excluding tert-OH is 1. The van der Waals surface area contributed by atoms with Crippen molar-refractivity contribution in [1.82, 2.24) is 9.97 Å². The van der Waals surface area contributed by atoms with Gasteiger partial charge >= 0.3 is 5.82 Å². The normalized spacial score (nSPS) is 12.4. The van der Waals surface area contributed by atoms with Crippen molar-refractivity contribution >= 4 is 5.82 Å². The van der Waals surface area contributed by atoms with Gasteiger partial charge in [-0.05, 0) is 36.1 Å². The van der Waals surface area contributed by atoms with E-state index in [9.17, 15) is 19.6 Å². The monoisotopic (exact) mass is 251 g/mol. The fourth-order valence-corrected chi connectivity index (χ4v) is 1.55. The highest BCUT2D eigenvalue weighted by molar-refractivity contribution is 5.57. The van der Waals surface area contributed by atoms with E-state index < -0.39 is 16.8 Å². The first-order valence-corrected chi connectivity index (χ1v) is 5.17. The zero-order valence-electron chi connectivity index (χ0n) is 9.42. The first-order chi connectivity index (χ1) is 8.49. The molecule has 0 amide bonds. The Kier molecular flexibility index (Phi) is 3.07. The third-order valence-electron chi connectivity index (χ3n) is 2.41. The summed E-state index contributed by atoms with van der Waals surface area (Å²) in [7, 11) is 0. The number of aromatic nitrogens is 2. The number of rotatable bonds is 3. The molecule has 1 aromatic carbocycles. The Morgan fingerprint density at radius 2 is 2.06 bits per heavy atom. The number of aliphatic hydroxyl groups is 1. The minimum atomic E-state index is -1.06. The lowest BCUT2D eigenvalue weighted by molar-refractivity contribution is -0.390. The van der Waals surface area contributed by atoms with Gasteiger partial charge in [-0.3, -0.25) is 0 Å². The van der Waals surface area contributed by atoms with Crippen molar-refractivity contribution in [2.45, 2.75) is 13.0 Å². The van der Waals surface area contributed by atoms with Crippen LogP contribution in [0.2, 0.25) is 0 Å². The van der Waals surface area contributed by atoms with Crippen LogP contribution < -0.4 is 0 Å². The van der Waals surface area contributed by atoms with Crippen LogP contribution in [0, 0.1) is 15.9 Å². The maximum atomic E-state index is 12.8. The molecule has 1 heterocycles. The highest BCUT2D eigenvalue weighted by atomic mass is 19.1. The second-order valence-corrected chi connectivity index (χ2v) is 3.76. The van der Waals surface area contributed by atoms with Crippen molar-refractivity contribution in [1.29, 1.82) is 0 Å². The fourth-order valence-electron chi connectivity index (χ4n) is 1.55. The first kappa shape index (κ1) is 12.2. The van der Waals surface area contributed by atoms with Gasteiger partial charge in [0.1, 0.15) is 11.9 Å². The van der Waals surface area contributed by atoms with Crippen molar-refractivity contribution in [2.24, 2.45) is 0 Å². The molecule has 2 N–H and O–H groups in total. The molecule has 0 saturated heterocycles. The van der Waals surface area contributed by atoms with E-state index in [-0.39, 0.29) is 17.3 Å². The van der Waals surface area contributed by atoms with Crippen molar-refractivity contribution in [3.63, 3.8) is 0 Å². The van der Waals surface area contributed by atoms with Crippen LogP contribution in [-0.2, 0) is 0 Å². The Morgan fingerprint density at radius 1 is 1.44 bits per heavy atom. The van der Waals surface area contributed by atoms with E-state index in [0.29, 0.717) is 5.56 Å². The van der Waals surface area contributed by atoms with Crippen molar-refractivity contribution in [3.8, 4) is 11.4 Å². The molecule has 94 valence electrons. The molecule has 0 saturated carbocycles. The van der Waals surface area contributed by atoms with Gasteiger partial charge in [-0.15, -0.1) is 0 Å². The second-order valence-electron chi connectivity index (χ2n) is 3.76. The molecule has 0 aliphatic rings. The summed E-state index contributed by atoms with van der Waals surface area (Å²) in [6.45, 7) is 1.39. The largest absolute Gasteiger partial charge is 0.387 e. The van der Waals surface area contributed by atoms with Crippen LogP contribution in [0.15, 0.2) is 24.3 Å². The van der Waals surface area contributed by atoms with E-state index in [1.165, 1.54) is 31.2 Å². The second kappa shape index (κ2) is 4.53. The molecule has 0 aliphatic carbocycles. The number of nitro groups is 1. The summed E-state index contributed by atoms with van der Waals surface area (Å²) >= 11 is 0. The van der Waals surface area contributed by atoms with Crippen molar-refractivity contribution < 1.29 is 14.4 Å². The smallest absolute Gasteiger partial charge is 0.346 e. The number of halogens is 1. The van der Waals surface area contributed by atoms with Crippen LogP contribution in [0.25, 0.3) is 11.4 Å². The van der Waals surface area contributed by atoms with Gasteiger partial charge in [-0.1, -0.05) is 0 Å². The molecule has 18 heavy (non-hydrogen) atoms. The molecule has 6 nitrogen and oxygen atoms in total. The highest BCUT2D eigenvalue weighted by Gasteiger charge is 2.24. The Hall–Kier alpha value is -2.28. The lowest BCUT2D eigenvalue weighted by atomic mass is 10.2. The van der Waals surface area contributed by atoms with Crippen LogP contribution in [0.3, 0.4) is 0 Å². The van der Waals surface area contributed by atoms with Gasteiger partial charge in [-0.2, -0.15) is 0 Å². The van der Waals surface area contributed by atoms with Crippen LogP contribution in [0.5, 0.6) is 0 Å². The maximum Gasteiger partial charge on any atom is 0.346 e. The molecule has 2 aromatic rings. The van der Waals surface area contributed by atoms with Gasteiger partial charge in [0, 0.05) is 5.56 Å². The molecule has 1 unspecified atom stereocenters. The third kappa shape index (κ3) is 2.21. The maximum absolute atomic E-state index is 12.8. The van der Waals surface area contributed by atoms with Crippen molar-refractivity contribution in [2.75, 3.05) is 0 Å². The number of hydrogen-bond acceptors (Lipinski definition) is 4. The Bertz CT molecular complexity index is 578. The highest BCUT2D eigenvalue weighted by Crippen LogP contribution is 2.26. The molecule has 1 atom stereocenters. The Labute approximate surface area is 101 Å². The van der Waals surface area contributed by atoms with Gasteiger partial charge in [0.2, 0.25) is 5.82 Å². The SMILES string of the molecule is CC(O)c1nc(-c2ccc(F)cc2)[nH]c1[N+](=O)[O-]. The number of imidazole rings is 1. The molecule has 0 spiro atoms. The molecular formula is C11H10FN3O3. The third-order valence-corrected chi connectivity index (χ3v) is 2.41. The minimum Gasteiger partial charge on any atom is -0.387 e. The molecule has 0 aliphatic heterocycles. The van der Waals surface area contributed by atoms with E-state index in [1.807, 2.05) is 0 Å². The lowest BCUT2D eigenvalue weighted by Gasteiger charge is -1.98. The van der Waals surface area contributed by atoms with Crippen LogP contribution in [-0.4, -0.2) is 20.0 Å².